The molecule has 0 aliphatic carbocycles. The number of nitrogens with one attached hydrogen (secondary N) is 1. The number of hydrogen-bond donors (Lipinski definition) is 1. The molecule has 0 aromatic heterocycles. The third-order valence-corrected chi connectivity index (χ3v) is 6.77. The highest BCUT2D eigenvalue weighted by molar-refractivity contribution is 7.89. The molecular formula is C24H30N2O7S. The van der Waals surface area contributed by atoms with Gasteiger partial charge in [0, 0.05) is 32.6 Å². The van der Waals surface area contributed by atoms with Crippen molar-refractivity contribution in [2.75, 3.05) is 33.4 Å². The van der Waals surface area contributed by atoms with E-state index in [2.05, 4.69) is 11.6 Å². The quantitative estimate of drug-likeness (QED) is 0.380. The summed E-state index contributed by atoms with van der Waals surface area (Å²) in [5, 5.41) is 0. The molecule has 3 rings (SSSR count). The highest BCUT2D eigenvalue weighted by atomic mass is 32.2. The van der Waals surface area contributed by atoms with Crippen LogP contribution in [0.4, 0.5) is 0 Å². The second-order valence-corrected chi connectivity index (χ2v) is 9.65. The van der Waals surface area contributed by atoms with Crippen LogP contribution in [0.25, 0.3) is 0 Å². The first-order valence-corrected chi connectivity index (χ1v) is 12.6. The fourth-order valence-corrected chi connectivity index (χ4v) is 4.37. The molecule has 1 aliphatic heterocycles. The summed E-state index contributed by atoms with van der Waals surface area (Å²) in [6.07, 6.45) is 1.17. The second kappa shape index (κ2) is 11.8. The van der Waals surface area contributed by atoms with Crippen molar-refractivity contribution in [3.05, 3.63) is 53.6 Å². The van der Waals surface area contributed by atoms with Gasteiger partial charge in [0.2, 0.25) is 10.0 Å². The molecule has 184 valence electrons. The Kier molecular flexibility index (Phi) is 8.89. The highest BCUT2D eigenvalue weighted by Crippen LogP contribution is 2.32. The molecule has 9 nitrogen and oxygen atoms in total. The summed E-state index contributed by atoms with van der Waals surface area (Å²) in [5.74, 6) is 0.00709. The third kappa shape index (κ3) is 7.19. The van der Waals surface area contributed by atoms with Gasteiger partial charge in [0.05, 0.1) is 4.90 Å². The summed E-state index contributed by atoms with van der Waals surface area (Å²) in [6, 6.07) is 12.4. The molecule has 1 aliphatic rings. The Labute approximate surface area is 200 Å². The molecule has 10 heteroatoms. The molecule has 0 unspecified atom stereocenters. The number of nitrogens with zero attached hydrogens (tertiary/aromatic N) is 1. The Morgan fingerprint density at radius 2 is 1.71 bits per heavy atom. The maximum atomic E-state index is 12.5. The summed E-state index contributed by atoms with van der Waals surface area (Å²) in [6.45, 7) is 2.97. The van der Waals surface area contributed by atoms with Crippen LogP contribution in [0, 0.1) is 0 Å². The smallest absolute Gasteiger partial charge is 0.306 e. The number of ether oxygens (including phenoxy) is 3. The van der Waals surface area contributed by atoms with Crippen molar-refractivity contribution < 1.29 is 32.2 Å². The minimum atomic E-state index is -3.76. The molecule has 0 radical (unpaired) electrons. The van der Waals surface area contributed by atoms with Crippen LogP contribution in [0.5, 0.6) is 11.5 Å². The zero-order valence-electron chi connectivity index (χ0n) is 19.4. The number of amides is 1. The third-order valence-electron chi connectivity index (χ3n) is 5.31. The SMILES string of the molecule is CCc1ccc(CN(C)C(=O)COC(=O)CCCNS(=O)(=O)c2ccc3c(c2)OCCO3)cc1. The largest absolute Gasteiger partial charge is 0.486 e. The van der Waals surface area contributed by atoms with Crippen molar-refractivity contribution in [1.82, 2.24) is 9.62 Å². The van der Waals surface area contributed by atoms with Gasteiger partial charge in [0.15, 0.2) is 18.1 Å². The van der Waals surface area contributed by atoms with E-state index in [-0.39, 0.29) is 36.8 Å². The Balaban J connectivity index is 1.36. The lowest BCUT2D eigenvalue weighted by molar-refractivity contribution is -0.151. The fourth-order valence-electron chi connectivity index (χ4n) is 3.28. The Morgan fingerprint density at radius 3 is 2.41 bits per heavy atom. The standard InChI is InChI=1S/C24H30N2O7S/c1-3-18-6-8-19(9-7-18)16-26(2)23(27)17-33-24(28)5-4-12-25-34(29,30)20-10-11-21-22(15-20)32-14-13-31-21/h6-11,15,25H,3-5,12-14,16-17H2,1-2H3. The van der Waals surface area contributed by atoms with Crippen molar-refractivity contribution >= 4 is 21.9 Å². The van der Waals surface area contributed by atoms with Crippen molar-refractivity contribution in [3.63, 3.8) is 0 Å². The number of esters is 1. The molecule has 2 aromatic rings. The van der Waals surface area contributed by atoms with Crippen LogP contribution in [0.1, 0.15) is 30.9 Å². The first kappa shape index (κ1) is 25.5. The molecule has 0 bridgehead atoms. The zero-order valence-corrected chi connectivity index (χ0v) is 20.2. The van der Waals surface area contributed by atoms with Crippen LogP contribution in [0.15, 0.2) is 47.4 Å². The van der Waals surface area contributed by atoms with Gasteiger partial charge in [-0.2, -0.15) is 0 Å². The van der Waals surface area contributed by atoms with Crippen LogP contribution >= 0.6 is 0 Å². The number of fused-ring (bicyclic) bond motifs is 1. The monoisotopic (exact) mass is 490 g/mol. The minimum absolute atomic E-state index is 0.0147. The molecule has 1 heterocycles. The van der Waals surface area contributed by atoms with E-state index in [1.165, 1.54) is 22.6 Å². The maximum absolute atomic E-state index is 12.5. The molecule has 34 heavy (non-hydrogen) atoms. The van der Waals surface area contributed by atoms with Gasteiger partial charge in [-0.1, -0.05) is 31.2 Å². The number of rotatable bonds is 11. The maximum Gasteiger partial charge on any atom is 0.306 e. The van der Waals surface area contributed by atoms with Crippen LogP contribution in [0.2, 0.25) is 0 Å². The Bertz CT molecular complexity index is 1100. The number of sulfonamides is 1. The van der Waals surface area contributed by atoms with Crippen LogP contribution in [-0.2, 0) is 37.3 Å². The first-order valence-electron chi connectivity index (χ1n) is 11.1. The van der Waals surface area contributed by atoms with E-state index in [0.717, 1.165) is 12.0 Å². The van der Waals surface area contributed by atoms with Gasteiger partial charge in [0.25, 0.3) is 5.91 Å². The van der Waals surface area contributed by atoms with Gasteiger partial charge < -0.3 is 19.1 Å². The molecule has 0 atom stereocenters. The minimum Gasteiger partial charge on any atom is -0.486 e. The van der Waals surface area contributed by atoms with E-state index < -0.39 is 16.0 Å². The van der Waals surface area contributed by atoms with Crippen molar-refractivity contribution in [2.45, 2.75) is 37.6 Å². The molecule has 0 saturated carbocycles. The predicted octanol–water partition coefficient (Wildman–Crippen LogP) is 2.28. The van der Waals surface area contributed by atoms with E-state index in [1.54, 1.807) is 13.1 Å². The summed E-state index contributed by atoms with van der Waals surface area (Å²) >= 11 is 0. The summed E-state index contributed by atoms with van der Waals surface area (Å²) < 4.78 is 43.2. The lowest BCUT2D eigenvalue weighted by Gasteiger charge is -2.19. The van der Waals surface area contributed by atoms with Gasteiger partial charge in [-0.05, 0) is 36.1 Å². The first-order chi connectivity index (χ1) is 16.3. The van der Waals surface area contributed by atoms with E-state index >= 15 is 0 Å². The second-order valence-electron chi connectivity index (χ2n) is 7.89. The average Bonchev–Trinajstić information content (AvgIpc) is 2.85. The van der Waals surface area contributed by atoms with Crippen LogP contribution < -0.4 is 14.2 Å². The van der Waals surface area contributed by atoms with Gasteiger partial charge in [-0.3, -0.25) is 9.59 Å². The molecule has 0 spiro atoms. The number of hydrogen-bond acceptors (Lipinski definition) is 7. The number of likely N-dealkylation sites (N-methyl/N-ethyl adjacent to an activating group) is 1. The summed E-state index contributed by atoms with van der Waals surface area (Å²) in [5.41, 5.74) is 2.21. The lowest BCUT2D eigenvalue weighted by atomic mass is 10.1. The molecule has 1 amide bonds. The van der Waals surface area contributed by atoms with E-state index in [0.29, 0.717) is 31.3 Å². The zero-order chi connectivity index (χ0) is 24.6. The fraction of sp³-hybridized carbons (Fsp3) is 0.417. The van der Waals surface area contributed by atoms with Crippen LogP contribution in [-0.4, -0.2) is 58.6 Å². The number of carbonyl (C=O) groups is 2. The molecule has 0 saturated heterocycles. The molecular weight excluding hydrogens is 460 g/mol. The Morgan fingerprint density at radius 1 is 1.03 bits per heavy atom. The molecule has 0 fully saturated rings. The van der Waals surface area contributed by atoms with Gasteiger partial charge in [-0.25, -0.2) is 13.1 Å². The number of carbonyl (C=O) groups excluding carboxylic acids is 2. The number of benzene rings is 2. The lowest BCUT2D eigenvalue weighted by Crippen LogP contribution is -2.31. The summed E-state index contributed by atoms with van der Waals surface area (Å²) in [7, 11) is -2.11. The predicted molar refractivity (Wildman–Crippen MR) is 125 cm³/mol. The van der Waals surface area contributed by atoms with Gasteiger partial charge >= 0.3 is 5.97 Å². The van der Waals surface area contributed by atoms with Gasteiger partial charge in [-0.15, -0.1) is 0 Å². The summed E-state index contributed by atoms with van der Waals surface area (Å²) in [4.78, 5) is 25.7. The van der Waals surface area contributed by atoms with E-state index in [1.807, 2.05) is 24.3 Å². The van der Waals surface area contributed by atoms with Crippen molar-refractivity contribution in [3.8, 4) is 11.5 Å². The normalized spacial score (nSPS) is 12.8. The highest BCUT2D eigenvalue weighted by Gasteiger charge is 2.19. The topological polar surface area (TPSA) is 111 Å². The van der Waals surface area contributed by atoms with Crippen LogP contribution in [0.3, 0.4) is 0 Å². The average molecular weight is 491 g/mol. The van der Waals surface area contributed by atoms with Crippen molar-refractivity contribution in [2.24, 2.45) is 0 Å². The molecule has 2 aromatic carbocycles. The molecule has 1 N–H and O–H groups in total. The number of aryl methyl sites for hydroxylation is 1. The Hall–Kier alpha value is -3.11. The van der Waals surface area contributed by atoms with Crippen molar-refractivity contribution in [1.29, 1.82) is 0 Å². The van der Waals surface area contributed by atoms with E-state index in [9.17, 15) is 18.0 Å². The van der Waals surface area contributed by atoms with Gasteiger partial charge in [0.1, 0.15) is 13.2 Å². The van der Waals surface area contributed by atoms with E-state index in [4.69, 9.17) is 14.2 Å².